The molecule has 0 amide bonds. The van der Waals surface area contributed by atoms with Gasteiger partial charge in [0.15, 0.2) is 0 Å². The van der Waals surface area contributed by atoms with Crippen LogP contribution in [0.1, 0.15) is 18.0 Å². The van der Waals surface area contributed by atoms with E-state index in [4.69, 9.17) is 4.74 Å². The van der Waals surface area contributed by atoms with Crippen molar-refractivity contribution in [3.63, 3.8) is 0 Å². The third-order valence-electron chi connectivity index (χ3n) is 3.18. The molecule has 0 radical (unpaired) electrons. The second-order valence-corrected chi connectivity index (χ2v) is 4.64. The van der Waals surface area contributed by atoms with E-state index in [2.05, 4.69) is 5.32 Å². The standard InChI is InChI=1S/C14H21F3N2O/c1-18-11(7-8-19(2)9-13(16)17)14-10(15)5-4-6-12(14)20-3/h4-6,11,13,18H,7-9H2,1-3H3. The topological polar surface area (TPSA) is 24.5 Å². The molecule has 0 aliphatic carbocycles. The molecule has 0 aliphatic rings. The lowest BCUT2D eigenvalue weighted by Gasteiger charge is -2.23. The summed E-state index contributed by atoms with van der Waals surface area (Å²) >= 11 is 0. The summed E-state index contributed by atoms with van der Waals surface area (Å²) in [5.74, 6) is 0.0982. The van der Waals surface area contributed by atoms with Gasteiger partial charge in [-0.2, -0.15) is 0 Å². The molecule has 1 aromatic carbocycles. The van der Waals surface area contributed by atoms with Crippen LogP contribution in [0.5, 0.6) is 5.75 Å². The van der Waals surface area contributed by atoms with Gasteiger partial charge in [0.25, 0.3) is 6.43 Å². The van der Waals surface area contributed by atoms with Crippen molar-refractivity contribution in [2.75, 3.05) is 34.3 Å². The Balaban J connectivity index is 2.76. The zero-order valence-electron chi connectivity index (χ0n) is 12.0. The Kier molecular flexibility index (Phi) is 6.81. The lowest BCUT2D eigenvalue weighted by atomic mass is 10.0. The Labute approximate surface area is 117 Å². The minimum atomic E-state index is -2.36. The van der Waals surface area contributed by atoms with Crippen LogP contribution in [0.3, 0.4) is 0 Å². The number of ether oxygens (including phenoxy) is 1. The Morgan fingerprint density at radius 1 is 1.35 bits per heavy atom. The molecule has 1 rings (SSSR count). The van der Waals surface area contributed by atoms with E-state index in [-0.39, 0.29) is 18.4 Å². The van der Waals surface area contributed by atoms with E-state index in [0.717, 1.165) is 0 Å². The maximum atomic E-state index is 14.0. The van der Waals surface area contributed by atoms with E-state index >= 15 is 0 Å². The van der Waals surface area contributed by atoms with Crippen LogP contribution in [0, 0.1) is 5.82 Å². The highest BCUT2D eigenvalue weighted by molar-refractivity contribution is 5.37. The van der Waals surface area contributed by atoms with Gasteiger partial charge in [-0.05, 0) is 39.2 Å². The first kappa shape index (κ1) is 16.8. The summed E-state index contributed by atoms with van der Waals surface area (Å²) in [6, 6.07) is 4.34. The Morgan fingerprint density at radius 3 is 2.60 bits per heavy atom. The van der Waals surface area contributed by atoms with E-state index in [0.29, 0.717) is 24.3 Å². The molecule has 1 N–H and O–H groups in total. The van der Waals surface area contributed by atoms with Crippen molar-refractivity contribution in [2.24, 2.45) is 0 Å². The molecule has 0 saturated heterocycles. The lowest BCUT2D eigenvalue weighted by Crippen LogP contribution is -2.29. The smallest absolute Gasteiger partial charge is 0.251 e. The Hall–Kier alpha value is -1.27. The fraction of sp³-hybridized carbons (Fsp3) is 0.571. The second-order valence-electron chi connectivity index (χ2n) is 4.64. The highest BCUT2D eigenvalue weighted by Crippen LogP contribution is 2.29. The number of alkyl halides is 2. The van der Waals surface area contributed by atoms with E-state index in [1.807, 2.05) is 0 Å². The maximum absolute atomic E-state index is 14.0. The monoisotopic (exact) mass is 290 g/mol. The number of methoxy groups -OCH3 is 1. The van der Waals surface area contributed by atoms with E-state index in [9.17, 15) is 13.2 Å². The van der Waals surface area contributed by atoms with Gasteiger partial charge in [-0.1, -0.05) is 6.07 Å². The first-order valence-electron chi connectivity index (χ1n) is 6.46. The van der Waals surface area contributed by atoms with E-state index in [1.54, 1.807) is 26.2 Å². The summed E-state index contributed by atoms with van der Waals surface area (Å²) in [5, 5.41) is 3.01. The van der Waals surface area contributed by atoms with Gasteiger partial charge in [0, 0.05) is 11.6 Å². The molecular formula is C14H21F3N2O. The summed E-state index contributed by atoms with van der Waals surface area (Å²) in [4.78, 5) is 1.53. The van der Waals surface area contributed by atoms with Gasteiger partial charge in [0.05, 0.1) is 13.7 Å². The van der Waals surface area contributed by atoms with Gasteiger partial charge in [-0.15, -0.1) is 0 Å². The van der Waals surface area contributed by atoms with Crippen molar-refractivity contribution in [1.29, 1.82) is 0 Å². The number of nitrogens with one attached hydrogen (secondary N) is 1. The maximum Gasteiger partial charge on any atom is 0.251 e. The molecule has 1 unspecified atom stereocenters. The molecule has 1 aromatic rings. The van der Waals surface area contributed by atoms with Crippen LogP contribution in [0.4, 0.5) is 13.2 Å². The molecular weight excluding hydrogens is 269 g/mol. The third-order valence-corrected chi connectivity index (χ3v) is 3.18. The normalized spacial score (nSPS) is 13.0. The van der Waals surface area contributed by atoms with Crippen LogP contribution < -0.4 is 10.1 Å². The molecule has 114 valence electrons. The number of nitrogens with zero attached hydrogens (tertiary/aromatic N) is 1. The summed E-state index contributed by atoms with van der Waals surface area (Å²) < 4.78 is 43.6. The zero-order valence-corrected chi connectivity index (χ0v) is 12.0. The molecule has 0 fully saturated rings. The largest absolute Gasteiger partial charge is 0.496 e. The van der Waals surface area contributed by atoms with Crippen LogP contribution in [-0.2, 0) is 0 Å². The Morgan fingerprint density at radius 2 is 2.05 bits per heavy atom. The van der Waals surface area contributed by atoms with Crippen LogP contribution in [0.2, 0.25) is 0 Å². The van der Waals surface area contributed by atoms with Gasteiger partial charge in [0.2, 0.25) is 0 Å². The molecule has 1 atom stereocenters. The first-order chi connectivity index (χ1) is 9.49. The summed E-state index contributed by atoms with van der Waals surface area (Å²) in [5.41, 5.74) is 0.433. The SMILES string of the molecule is CNC(CCN(C)CC(F)F)c1c(F)cccc1OC. The fourth-order valence-corrected chi connectivity index (χ4v) is 2.14. The predicted octanol–water partition coefficient (Wildman–Crippen LogP) is 2.68. The summed E-state index contributed by atoms with van der Waals surface area (Å²) in [6.07, 6.45) is -1.85. The Bertz CT molecular complexity index is 415. The molecule has 0 saturated carbocycles. The van der Waals surface area contributed by atoms with Gasteiger partial charge in [0.1, 0.15) is 11.6 Å². The van der Waals surface area contributed by atoms with Crippen LogP contribution in [-0.4, -0.2) is 45.6 Å². The molecule has 0 heterocycles. The lowest BCUT2D eigenvalue weighted by molar-refractivity contribution is 0.0984. The molecule has 20 heavy (non-hydrogen) atoms. The minimum Gasteiger partial charge on any atom is -0.496 e. The van der Waals surface area contributed by atoms with Gasteiger partial charge in [-0.3, -0.25) is 0 Å². The van der Waals surface area contributed by atoms with Crippen molar-refractivity contribution in [3.8, 4) is 5.75 Å². The molecule has 0 aromatic heterocycles. The average Bonchev–Trinajstić information content (AvgIpc) is 2.39. The highest BCUT2D eigenvalue weighted by Gasteiger charge is 2.19. The van der Waals surface area contributed by atoms with E-state index in [1.165, 1.54) is 18.1 Å². The van der Waals surface area contributed by atoms with E-state index < -0.39 is 6.43 Å². The fourth-order valence-electron chi connectivity index (χ4n) is 2.14. The van der Waals surface area contributed by atoms with Crippen molar-refractivity contribution in [1.82, 2.24) is 10.2 Å². The molecule has 0 bridgehead atoms. The number of rotatable bonds is 8. The van der Waals surface area contributed by atoms with Crippen molar-refractivity contribution in [2.45, 2.75) is 18.9 Å². The van der Waals surface area contributed by atoms with Crippen molar-refractivity contribution < 1.29 is 17.9 Å². The average molecular weight is 290 g/mol. The number of hydrogen-bond acceptors (Lipinski definition) is 3. The molecule has 6 heteroatoms. The predicted molar refractivity (Wildman–Crippen MR) is 72.9 cm³/mol. The van der Waals surface area contributed by atoms with Gasteiger partial charge >= 0.3 is 0 Å². The van der Waals surface area contributed by atoms with Gasteiger partial charge < -0.3 is 15.0 Å². The number of hydrogen-bond donors (Lipinski definition) is 1. The van der Waals surface area contributed by atoms with Crippen LogP contribution in [0.15, 0.2) is 18.2 Å². The zero-order chi connectivity index (χ0) is 15.1. The second kappa shape index (κ2) is 8.11. The highest BCUT2D eigenvalue weighted by atomic mass is 19.3. The number of benzene rings is 1. The van der Waals surface area contributed by atoms with Crippen molar-refractivity contribution >= 4 is 0 Å². The molecule has 0 aliphatic heterocycles. The quantitative estimate of drug-likeness (QED) is 0.796. The third kappa shape index (κ3) is 4.68. The molecule has 3 nitrogen and oxygen atoms in total. The van der Waals surface area contributed by atoms with Crippen LogP contribution >= 0.6 is 0 Å². The van der Waals surface area contributed by atoms with Crippen molar-refractivity contribution in [3.05, 3.63) is 29.6 Å². The van der Waals surface area contributed by atoms with Crippen LogP contribution in [0.25, 0.3) is 0 Å². The summed E-state index contributed by atoms with van der Waals surface area (Å²) in [7, 11) is 4.81. The molecule has 0 spiro atoms. The first-order valence-corrected chi connectivity index (χ1v) is 6.46. The summed E-state index contributed by atoms with van der Waals surface area (Å²) in [6.45, 7) is 0.151. The number of halogens is 3. The van der Waals surface area contributed by atoms with Gasteiger partial charge in [-0.25, -0.2) is 13.2 Å². The minimum absolute atomic E-state index is 0.286.